The molecule has 1 aromatic rings. The summed E-state index contributed by atoms with van der Waals surface area (Å²) < 4.78 is 0. The van der Waals surface area contributed by atoms with E-state index in [1.165, 1.54) is 12.8 Å². The maximum atomic E-state index is 11.7. The Morgan fingerprint density at radius 1 is 1.11 bits per heavy atom. The SMILES string of the molecule is O=C(Cc1ccc(Cl)c(Cl)c1)NCCCCCCBr. The molecule has 0 fully saturated rings. The van der Waals surface area contributed by atoms with Gasteiger partial charge in [0.2, 0.25) is 5.91 Å². The van der Waals surface area contributed by atoms with Crippen molar-refractivity contribution >= 4 is 45.0 Å². The van der Waals surface area contributed by atoms with Crippen LogP contribution < -0.4 is 5.32 Å². The van der Waals surface area contributed by atoms with Crippen molar-refractivity contribution in [1.29, 1.82) is 0 Å². The Balaban J connectivity index is 2.21. The van der Waals surface area contributed by atoms with E-state index in [-0.39, 0.29) is 5.91 Å². The van der Waals surface area contributed by atoms with Crippen LogP contribution >= 0.6 is 39.1 Å². The minimum absolute atomic E-state index is 0.0267. The molecule has 1 amide bonds. The van der Waals surface area contributed by atoms with Crippen molar-refractivity contribution in [3.8, 4) is 0 Å². The van der Waals surface area contributed by atoms with Gasteiger partial charge in [-0.15, -0.1) is 0 Å². The molecule has 0 radical (unpaired) electrons. The summed E-state index contributed by atoms with van der Waals surface area (Å²) in [6.45, 7) is 0.739. The van der Waals surface area contributed by atoms with Crippen LogP contribution in [0.4, 0.5) is 0 Å². The Kier molecular flexibility index (Phi) is 8.51. The summed E-state index contributed by atoms with van der Waals surface area (Å²) in [5.74, 6) is 0.0267. The number of halogens is 3. The highest BCUT2D eigenvalue weighted by molar-refractivity contribution is 9.09. The molecule has 0 aliphatic heterocycles. The zero-order valence-electron chi connectivity index (χ0n) is 10.7. The molecule has 0 aromatic heterocycles. The van der Waals surface area contributed by atoms with Gasteiger partial charge in [-0.05, 0) is 30.5 Å². The van der Waals surface area contributed by atoms with Gasteiger partial charge in [-0.1, -0.05) is 58.0 Å². The lowest BCUT2D eigenvalue weighted by Crippen LogP contribution is -2.26. The van der Waals surface area contributed by atoms with E-state index in [1.54, 1.807) is 12.1 Å². The van der Waals surface area contributed by atoms with E-state index in [9.17, 15) is 4.79 Å². The van der Waals surface area contributed by atoms with Crippen molar-refractivity contribution in [3.05, 3.63) is 33.8 Å². The molecular weight excluding hydrogens is 349 g/mol. The second kappa shape index (κ2) is 9.62. The van der Waals surface area contributed by atoms with Gasteiger partial charge in [0.15, 0.2) is 0 Å². The molecule has 5 heteroatoms. The molecular formula is C14H18BrCl2NO. The molecule has 0 aliphatic carbocycles. The minimum atomic E-state index is 0.0267. The predicted octanol–water partition coefficient (Wildman–Crippen LogP) is 4.61. The fraction of sp³-hybridized carbons (Fsp3) is 0.500. The molecule has 19 heavy (non-hydrogen) atoms. The zero-order chi connectivity index (χ0) is 14.1. The molecule has 0 spiro atoms. The molecule has 106 valence electrons. The first-order chi connectivity index (χ1) is 9.13. The quantitative estimate of drug-likeness (QED) is 0.528. The van der Waals surface area contributed by atoms with E-state index >= 15 is 0 Å². The number of benzene rings is 1. The lowest BCUT2D eigenvalue weighted by Gasteiger charge is -2.06. The lowest BCUT2D eigenvalue weighted by molar-refractivity contribution is -0.120. The van der Waals surface area contributed by atoms with Gasteiger partial charge in [0.25, 0.3) is 0 Å². The number of hydrogen-bond acceptors (Lipinski definition) is 1. The summed E-state index contributed by atoms with van der Waals surface area (Å²) in [6, 6.07) is 5.27. The molecule has 0 saturated heterocycles. The smallest absolute Gasteiger partial charge is 0.224 e. The Morgan fingerprint density at radius 2 is 1.84 bits per heavy atom. The second-order valence-corrected chi connectivity index (χ2v) is 5.99. The van der Waals surface area contributed by atoms with Gasteiger partial charge >= 0.3 is 0 Å². The van der Waals surface area contributed by atoms with Crippen LogP contribution in [-0.4, -0.2) is 17.8 Å². The number of carbonyl (C=O) groups excluding carboxylic acids is 1. The van der Waals surface area contributed by atoms with Crippen LogP contribution in [0.1, 0.15) is 31.2 Å². The molecule has 0 saturated carbocycles. The fourth-order valence-electron chi connectivity index (χ4n) is 1.70. The maximum Gasteiger partial charge on any atom is 0.224 e. The summed E-state index contributed by atoms with van der Waals surface area (Å²) in [6.07, 6.45) is 4.92. The normalized spacial score (nSPS) is 10.5. The van der Waals surface area contributed by atoms with E-state index < -0.39 is 0 Å². The first-order valence-electron chi connectivity index (χ1n) is 6.40. The maximum absolute atomic E-state index is 11.7. The van der Waals surface area contributed by atoms with Gasteiger partial charge in [0.05, 0.1) is 16.5 Å². The summed E-state index contributed by atoms with van der Waals surface area (Å²) >= 11 is 15.1. The Morgan fingerprint density at radius 3 is 2.53 bits per heavy atom. The highest BCUT2D eigenvalue weighted by atomic mass is 79.9. The minimum Gasteiger partial charge on any atom is -0.356 e. The summed E-state index contributed by atoms with van der Waals surface area (Å²) in [5.41, 5.74) is 0.881. The molecule has 0 bridgehead atoms. The molecule has 1 N–H and O–H groups in total. The average molecular weight is 367 g/mol. The van der Waals surface area contributed by atoms with Crippen LogP contribution in [0, 0.1) is 0 Å². The van der Waals surface area contributed by atoms with Crippen LogP contribution in [-0.2, 0) is 11.2 Å². The average Bonchev–Trinajstić information content (AvgIpc) is 2.38. The van der Waals surface area contributed by atoms with E-state index in [2.05, 4.69) is 21.2 Å². The summed E-state index contributed by atoms with van der Waals surface area (Å²) in [4.78, 5) is 11.7. The highest BCUT2D eigenvalue weighted by Crippen LogP contribution is 2.22. The predicted molar refractivity (Wildman–Crippen MR) is 85.4 cm³/mol. The fourth-order valence-corrected chi connectivity index (χ4v) is 2.42. The third kappa shape index (κ3) is 7.19. The molecule has 0 unspecified atom stereocenters. The summed E-state index contributed by atoms with van der Waals surface area (Å²) in [7, 11) is 0. The molecule has 1 rings (SSSR count). The van der Waals surface area contributed by atoms with E-state index in [0.717, 1.165) is 30.3 Å². The second-order valence-electron chi connectivity index (χ2n) is 4.38. The van der Waals surface area contributed by atoms with Gasteiger partial charge in [0, 0.05) is 11.9 Å². The monoisotopic (exact) mass is 365 g/mol. The number of nitrogens with one attached hydrogen (secondary N) is 1. The Labute approximate surface area is 133 Å². The lowest BCUT2D eigenvalue weighted by atomic mass is 10.1. The molecule has 1 aromatic carbocycles. The molecule has 0 atom stereocenters. The number of amides is 1. The van der Waals surface area contributed by atoms with Crippen molar-refractivity contribution < 1.29 is 4.79 Å². The largest absolute Gasteiger partial charge is 0.356 e. The van der Waals surface area contributed by atoms with Crippen LogP contribution in [0.5, 0.6) is 0 Å². The van der Waals surface area contributed by atoms with Crippen LogP contribution in [0.25, 0.3) is 0 Å². The number of unbranched alkanes of at least 4 members (excludes halogenated alkanes) is 3. The van der Waals surface area contributed by atoms with Gasteiger partial charge < -0.3 is 5.32 Å². The zero-order valence-corrected chi connectivity index (χ0v) is 13.8. The van der Waals surface area contributed by atoms with Crippen molar-refractivity contribution in [2.45, 2.75) is 32.1 Å². The number of rotatable bonds is 8. The van der Waals surface area contributed by atoms with Gasteiger partial charge in [-0.25, -0.2) is 0 Å². The Bertz CT molecular complexity index is 412. The van der Waals surface area contributed by atoms with Crippen molar-refractivity contribution in [3.63, 3.8) is 0 Å². The van der Waals surface area contributed by atoms with Gasteiger partial charge in [-0.3, -0.25) is 4.79 Å². The first kappa shape index (κ1) is 16.8. The highest BCUT2D eigenvalue weighted by Gasteiger charge is 2.05. The number of hydrogen-bond donors (Lipinski definition) is 1. The van der Waals surface area contributed by atoms with Crippen molar-refractivity contribution in [2.24, 2.45) is 0 Å². The topological polar surface area (TPSA) is 29.1 Å². The van der Waals surface area contributed by atoms with E-state index in [0.29, 0.717) is 16.5 Å². The van der Waals surface area contributed by atoms with Crippen LogP contribution in [0.15, 0.2) is 18.2 Å². The third-order valence-electron chi connectivity index (χ3n) is 2.73. The van der Waals surface area contributed by atoms with Gasteiger partial charge in [0.1, 0.15) is 0 Å². The standard InChI is InChI=1S/C14H18BrCl2NO/c15-7-3-1-2-4-8-18-14(19)10-11-5-6-12(16)13(17)9-11/h5-6,9H,1-4,7-8,10H2,(H,18,19). The van der Waals surface area contributed by atoms with E-state index in [1.807, 2.05) is 6.07 Å². The molecule has 2 nitrogen and oxygen atoms in total. The van der Waals surface area contributed by atoms with Crippen molar-refractivity contribution in [2.75, 3.05) is 11.9 Å². The van der Waals surface area contributed by atoms with Crippen LogP contribution in [0.3, 0.4) is 0 Å². The van der Waals surface area contributed by atoms with Crippen LogP contribution in [0.2, 0.25) is 10.0 Å². The Hall–Kier alpha value is -0.250. The third-order valence-corrected chi connectivity index (χ3v) is 4.03. The number of alkyl halides is 1. The van der Waals surface area contributed by atoms with Crippen molar-refractivity contribution in [1.82, 2.24) is 5.32 Å². The van der Waals surface area contributed by atoms with E-state index in [4.69, 9.17) is 23.2 Å². The molecule has 0 heterocycles. The molecule has 0 aliphatic rings. The number of carbonyl (C=O) groups is 1. The first-order valence-corrected chi connectivity index (χ1v) is 8.28. The van der Waals surface area contributed by atoms with Gasteiger partial charge in [-0.2, -0.15) is 0 Å². The summed E-state index contributed by atoms with van der Waals surface area (Å²) in [5, 5.41) is 4.97.